The summed E-state index contributed by atoms with van der Waals surface area (Å²) in [4.78, 5) is 0. The predicted molar refractivity (Wildman–Crippen MR) is 78.5 cm³/mol. The van der Waals surface area contributed by atoms with Crippen molar-refractivity contribution in [1.29, 1.82) is 0 Å². The predicted octanol–water partition coefficient (Wildman–Crippen LogP) is 4.79. The van der Waals surface area contributed by atoms with E-state index in [0.717, 1.165) is 23.0 Å². The molecular weight excluding hydrogens is 430 g/mol. The molecule has 0 amide bonds. The summed E-state index contributed by atoms with van der Waals surface area (Å²) in [5.74, 6) is 3.10. The highest BCUT2D eigenvalue weighted by molar-refractivity contribution is 14.1. The molecule has 16 heavy (non-hydrogen) atoms. The molecule has 0 atom stereocenters. The van der Waals surface area contributed by atoms with Gasteiger partial charge in [-0.25, -0.2) is 0 Å². The normalized spacial score (nSPS) is 12.1. The number of halogens is 2. The summed E-state index contributed by atoms with van der Waals surface area (Å²) in [6.07, 6.45) is 0. The van der Waals surface area contributed by atoms with Crippen molar-refractivity contribution in [1.82, 2.24) is 0 Å². The van der Waals surface area contributed by atoms with E-state index in [1.54, 1.807) is 0 Å². The van der Waals surface area contributed by atoms with Crippen LogP contribution in [0.3, 0.4) is 0 Å². The summed E-state index contributed by atoms with van der Waals surface area (Å²) in [5, 5.41) is 0. The van der Waals surface area contributed by atoms with Crippen molar-refractivity contribution in [3.63, 3.8) is 0 Å². The van der Waals surface area contributed by atoms with Crippen LogP contribution in [0.2, 0.25) is 0 Å². The quantitative estimate of drug-likeness (QED) is 0.472. The van der Waals surface area contributed by atoms with Gasteiger partial charge in [-0.15, -0.1) is 0 Å². The lowest BCUT2D eigenvalue weighted by Crippen LogP contribution is -1.99. The Kier molecular flexibility index (Phi) is 2.70. The SMILES string of the molecule is Ic1cc2c(cc1I)Oc1ccccc1O2. The first-order valence-electron chi connectivity index (χ1n) is 4.68. The molecule has 0 bridgehead atoms. The number of rotatable bonds is 0. The molecule has 0 aliphatic carbocycles. The molecule has 0 saturated carbocycles. The Morgan fingerprint density at radius 1 is 0.688 bits per heavy atom. The van der Waals surface area contributed by atoms with E-state index in [-0.39, 0.29) is 0 Å². The van der Waals surface area contributed by atoms with Gasteiger partial charge in [0.15, 0.2) is 23.0 Å². The second kappa shape index (κ2) is 4.06. The van der Waals surface area contributed by atoms with E-state index in [2.05, 4.69) is 45.2 Å². The van der Waals surface area contributed by atoms with E-state index in [1.807, 2.05) is 36.4 Å². The lowest BCUT2D eigenvalue weighted by Gasteiger charge is -2.20. The van der Waals surface area contributed by atoms with Crippen LogP contribution >= 0.6 is 45.2 Å². The molecule has 3 rings (SSSR count). The Hall–Kier alpha value is -0.500. The summed E-state index contributed by atoms with van der Waals surface area (Å²) in [7, 11) is 0. The molecule has 0 aromatic heterocycles. The smallest absolute Gasteiger partial charge is 0.171 e. The maximum absolute atomic E-state index is 5.78. The minimum absolute atomic E-state index is 0.770. The Balaban J connectivity index is 2.12. The summed E-state index contributed by atoms with van der Waals surface area (Å²) in [5.41, 5.74) is 0. The van der Waals surface area contributed by atoms with Gasteiger partial charge in [-0.05, 0) is 69.4 Å². The van der Waals surface area contributed by atoms with Crippen LogP contribution in [0, 0.1) is 7.14 Å². The summed E-state index contributed by atoms with van der Waals surface area (Å²) >= 11 is 4.57. The number of ether oxygens (including phenoxy) is 2. The van der Waals surface area contributed by atoms with Gasteiger partial charge in [0, 0.05) is 7.14 Å². The lowest BCUT2D eigenvalue weighted by molar-refractivity contribution is 0.359. The van der Waals surface area contributed by atoms with Crippen LogP contribution in [-0.4, -0.2) is 0 Å². The first kappa shape index (κ1) is 10.6. The molecule has 0 radical (unpaired) electrons. The van der Waals surface area contributed by atoms with Crippen molar-refractivity contribution in [2.45, 2.75) is 0 Å². The van der Waals surface area contributed by atoms with Crippen LogP contribution in [-0.2, 0) is 0 Å². The third kappa shape index (κ3) is 1.77. The standard InChI is InChI=1S/C12H6I2O2/c13-7-5-11-12(6-8(7)14)16-10-4-2-1-3-9(10)15-11/h1-6H. The van der Waals surface area contributed by atoms with Gasteiger partial charge >= 0.3 is 0 Å². The number of para-hydroxylation sites is 2. The van der Waals surface area contributed by atoms with E-state index in [9.17, 15) is 0 Å². The van der Waals surface area contributed by atoms with Crippen molar-refractivity contribution in [3.8, 4) is 23.0 Å². The Morgan fingerprint density at radius 3 is 1.56 bits per heavy atom. The van der Waals surface area contributed by atoms with Gasteiger partial charge < -0.3 is 9.47 Å². The highest BCUT2D eigenvalue weighted by atomic mass is 127. The number of hydrogen-bond donors (Lipinski definition) is 0. The second-order valence-electron chi connectivity index (χ2n) is 3.36. The van der Waals surface area contributed by atoms with E-state index < -0.39 is 0 Å². The zero-order valence-electron chi connectivity index (χ0n) is 8.04. The molecule has 4 heteroatoms. The number of benzene rings is 2. The highest BCUT2D eigenvalue weighted by Gasteiger charge is 2.19. The van der Waals surface area contributed by atoms with Crippen LogP contribution in [0.4, 0.5) is 0 Å². The fourth-order valence-electron chi connectivity index (χ4n) is 1.53. The van der Waals surface area contributed by atoms with Crippen molar-refractivity contribution in [3.05, 3.63) is 43.5 Å². The molecule has 0 N–H and O–H groups in total. The number of fused-ring (bicyclic) bond motifs is 2. The van der Waals surface area contributed by atoms with Gasteiger partial charge in [0.1, 0.15) is 0 Å². The van der Waals surface area contributed by atoms with Gasteiger partial charge in [-0.3, -0.25) is 0 Å². The van der Waals surface area contributed by atoms with Crippen LogP contribution in [0.1, 0.15) is 0 Å². The summed E-state index contributed by atoms with van der Waals surface area (Å²) in [6.45, 7) is 0. The average Bonchev–Trinajstić information content (AvgIpc) is 2.28. The van der Waals surface area contributed by atoms with Crippen molar-refractivity contribution in [2.75, 3.05) is 0 Å². The highest BCUT2D eigenvalue weighted by Crippen LogP contribution is 2.46. The molecule has 1 heterocycles. The van der Waals surface area contributed by atoms with E-state index in [0.29, 0.717) is 0 Å². The molecule has 2 aromatic rings. The Labute approximate surface area is 120 Å². The summed E-state index contributed by atoms with van der Waals surface area (Å²) in [6, 6.07) is 11.7. The second-order valence-corrected chi connectivity index (χ2v) is 5.69. The molecule has 0 fully saturated rings. The van der Waals surface area contributed by atoms with Crippen molar-refractivity contribution in [2.24, 2.45) is 0 Å². The molecule has 0 spiro atoms. The maximum Gasteiger partial charge on any atom is 0.171 e. The van der Waals surface area contributed by atoms with E-state index in [1.165, 1.54) is 7.14 Å². The zero-order valence-corrected chi connectivity index (χ0v) is 12.4. The van der Waals surface area contributed by atoms with Crippen LogP contribution in [0.25, 0.3) is 0 Å². The monoisotopic (exact) mass is 436 g/mol. The topological polar surface area (TPSA) is 18.5 Å². The van der Waals surface area contributed by atoms with Gasteiger partial charge in [0.2, 0.25) is 0 Å². The summed E-state index contributed by atoms with van der Waals surface area (Å²) < 4.78 is 13.9. The first-order valence-corrected chi connectivity index (χ1v) is 6.83. The van der Waals surface area contributed by atoms with Crippen molar-refractivity contribution < 1.29 is 9.47 Å². The van der Waals surface area contributed by atoms with E-state index in [4.69, 9.17) is 9.47 Å². The fourth-order valence-corrected chi connectivity index (χ4v) is 2.40. The maximum atomic E-state index is 5.78. The molecular formula is C12H6I2O2. The molecule has 1 aliphatic heterocycles. The van der Waals surface area contributed by atoms with Gasteiger partial charge in [-0.1, -0.05) is 12.1 Å². The molecule has 2 aromatic carbocycles. The van der Waals surface area contributed by atoms with Gasteiger partial charge in [0.25, 0.3) is 0 Å². The lowest BCUT2D eigenvalue weighted by atomic mass is 10.2. The zero-order chi connectivity index (χ0) is 11.1. The van der Waals surface area contributed by atoms with E-state index >= 15 is 0 Å². The molecule has 0 unspecified atom stereocenters. The number of hydrogen-bond acceptors (Lipinski definition) is 2. The largest absolute Gasteiger partial charge is 0.449 e. The molecule has 1 aliphatic rings. The third-order valence-corrected chi connectivity index (χ3v) is 5.09. The minimum atomic E-state index is 0.770. The first-order chi connectivity index (χ1) is 7.74. The van der Waals surface area contributed by atoms with Gasteiger partial charge in [0.05, 0.1) is 0 Å². The average molecular weight is 436 g/mol. The Morgan fingerprint density at radius 2 is 1.12 bits per heavy atom. The van der Waals surface area contributed by atoms with Crippen LogP contribution in [0.5, 0.6) is 23.0 Å². The van der Waals surface area contributed by atoms with Crippen LogP contribution in [0.15, 0.2) is 36.4 Å². The molecule has 80 valence electrons. The van der Waals surface area contributed by atoms with Gasteiger partial charge in [-0.2, -0.15) is 0 Å². The third-order valence-electron chi connectivity index (χ3n) is 2.28. The van der Waals surface area contributed by atoms with Crippen LogP contribution < -0.4 is 9.47 Å². The molecule has 0 saturated heterocycles. The van der Waals surface area contributed by atoms with Crippen molar-refractivity contribution >= 4 is 45.2 Å². The minimum Gasteiger partial charge on any atom is -0.449 e. The fraction of sp³-hybridized carbons (Fsp3) is 0. The Bertz CT molecular complexity index is 517. The molecule has 2 nitrogen and oxygen atoms in total.